The Morgan fingerprint density at radius 2 is 1.95 bits per heavy atom. The van der Waals surface area contributed by atoms with E-state index in [1.807, 2.05) is 0 Å². The number of carboxylic acids is 1. The summed E-state index contributed by atoms with van der Waals surface area (Å²) in [5.41, 5.74) is 0.607. The number of carbonyl (C=O) groups is 1. The van der Waals surface area contributed by atoms with Gasteiger partial charge in [-0.25, -0.2) is 13.2 Å². The van der Waals surface area contributed by atoms with Crippen molar-refractivity contribution < 1.29 is 23.4 Å². The number of aliphatic hydroxyl groups is 1. The molecule has 1 aromatic rings. The van der Waals surface area contributed by atoms with Crippen LogP contribution in [-0.2, 0) is 14.8 Å². The number of rotatable bonds is 4. The molecule has 0 saturated carbocycles. The molecule has 0 unspecified atom stereocenters. The zero-order valence-electron chi connectivity index (χ0n) is 11.3. The van der Waals surface area contributed by atoms with E-state index in [0.29, 0.717) is 24.9 Å². The minimum Gasteiger partial charge on any atom is -0.478 e. The first-order chi connectivity index (χ1) is 9.89. The second kappa shape index (κ2) is 6.38. The van der Waals surface area contributed by atoms with Gasteiger partial charge >= 0.3 is 5.97 Å². The Bertz CT molecular complexity index is 636. The average molecular weight is 311 g/mol. The number of benzene rings is 1. The molecule has 0 aromatic heterocycles. The summed E-state index contributed by atoms with van der Waals surface area (Å²) in [5.74, 6) is -1.06. The summed E-state index contributed by atoms with van der Waals surface area (Å²) in [5, 5.41) is 18.1. The van der Waals surface area contributed by atoms with Crippen LogP contribution in [0.15, 0.2) is 35.2 Å². The summed E-state index contributed by atoms with van der Waals surface area (Å²) in [7, 11) is -3.61. The lowest BCUT2D eigenvalue weighted by molar-refractivity contribution is -0.131. The molecule has 0 aliphatic carbocycles. The van der Waals surface area contributed by atoms with Crippen molar-refractivity contribution in [2.75, 3.05) is 13.1 Å². The van der Waals surface area contributed by atoms with Crippen molar-refractivity contribution in [1.82, 2.24) is 4.31 Å². The molecule has 114 valence electrons. The van der Waals surface area contributed by atoms with Crippen molar-refractivity contribution in [3.63, 3.8) is 0 Å². The van der Waals surface area contributed by atoms with E-state index in [9.17, 15) is 18.3 Å². The van der Waals surface area contributed by atoms with Crippen LogP contribution >= 0.6 is 0 Å². The van der Waals surface area contributed by atoms with E-state index in [-0.39, 0.29) is 11.4 Å². The van der Waals surface area contributed by atoms with Crippen LogP contribution in [-0.4, -0.2) is 48.1 Å². The summed E-state index contributed by atoms with van der Waals surface area (Å²) in [6.07, 6.45) is 3.02. The smallest absolute Gasteiger partial charge is 0.328 e. The van der Waals surface area contributed by atoms with Crippen LogP contribution in [0.25, 0.3) is 6.08 Å². The van der Waals surface area contributed by atoms with E-state index in [4.69, 9.17) is 5.11 Å². The van der Waals surface area contributed by atoms with Crippen LogP contribution in [0, 0.1) is 0 Å². The molecule has 1 aliphatic heterocycles. The molecule has 1 aliphatic rings. The van der Waals surface area contributed by atoms with Gasteiger partial charge in [0.05, 0.1) is 11.0 Å². The highest BCUT2D eigenvalue weighted by molar-refractivity contribution is 7.89. The van der Waals surface area contributed by atoms with Crippen LogP contribution in [0.5, 0.6) is 0 Å². The first-order valence-electron chi connectivity index (χ1n) is 6.59. The van der Waals surface area contributed by atoms with Gasteiger partial charge in [0.2, 0.25) is 10.0 Å². The highest BCUT2D eigenvalue weighted by Crippen LogP contribution is 2.21. The number of β-amino-alcohol motifs (C(OH)–C–C–N with tert-alkyl or cyclic N) is 1. The van der Waals surface area contributed by atoms with Gasteiger partial charge in [-0.05, 0) is 36.6 Å². The molecule has 1 heterocycles. The number of carboxylic acid groups (broad SMARTS) is 1. The van der Waals surface area contributed by atoms with E-state index >= 15 is 0 Å². The maximum absolute atomic E-state index is 12.4. The lowest BCUT2D eigenvalue weighted by Crippen LogP contribution is -2.42. The highest BCUT2D eigenvalue weighted by Gasteiger charge is 2.29. The van der Waals surface area contributed by atoms with Crippen molar-refractivity contribution in [2.45, 2.75) is 23.8 Å². The highest BCUT2D eigenvalue weighted by atomic mass is 32.2. The molecule has 1 fully saturated rings. The molecule has 0 radical (unpaired) electrons. The molecule has 1 aromatic carbocycles. The minimum absolute atomic E-state index is 0.114. The van der Waals surface area contributed by atoms with Gasteiger partial charge in [0.15, 0.2) is 0 Å². The maximum atomic E-state index is 12.4. The monoisotopic (exact) mass is 311 g/mol. The van der Waals surface area contributed by atoms with Crippen LogP contribution in [0.4, 0.5) is 0 Å². The third kappa shape index (κ3) is 3.90. The van der Waals surface area contributed by atoms with Gasteiger partial charge in [-0.1, -0.05) is 12.1 Å². The molecule has 21 heavy (non-hydrogen) atoms. The van der Waals surface area contributed by atoms with Crippen LogP contribution < -0.4 is 0 Å². The molecular weight excluding hydrogens is 294 g/mol. The van der Waals surface area contributed by atoms with Gasteiger partial charge in [0.25, 0.3) is 0 Å². The van der Waals surface area contributed by atoms with Gasteiger partial charge in [0.1, 0.15) is 0 Å². The number of piperidine rings is 1. The van der Waals surface area contributed by atoms with Crippen molar-refractivity contribution in [3.05, 3.63) is 35.9 Å². The van der Waals surface area contributed by atoms with Gasteiger partial charge in [-0.3, -0.25) is 0 Å². The standard InChI is InChI=1S/C14H17NO5S/c16-12-2-1-9-15(10-12)21(19,20)13-6-3-11(4-7-13)5-8-14(17)18/h3-8,12,16H,1-2,9-10H2,(H,17,18)/b8-5+/t12-/m0/s1. The fourth-order valence-corrected chi connectivity index (χ4v) is 3.72. The summed E-state index contributed by atoms with van der Waals surface area (Å²) in [4.78, 5) is 10.6. The average Bonchev–Trinajstić information content (AvgIpc) is 2.45. The quantitative estimate of drug-likeness (QED) is 0.807. The fraction of sp³-hybridized carbons (Fsp3) is 0.357. The number of nitrogens with zero attached hydrogens (tertiary/aromatic N) is 1. The molecule has 0 amide bonds. The summed E-state index contributed by atoms with van der Waals surface area (Å²) in [6.45, 7) is 0.517. The third-order valence-corrected chi connectivity index (χ3v) is 5.17. The van der Waals surface area contributed by atoms with E-state index in [1.54, 1.807) is 12.1 Å². The van der Waals surface area contributed by atoms with E-state index in [2.05, 4.69) is 0 Å². The molecule has 7 heteroatoms. The number of sulfonamides is 1. The zero-order chi connectivity index (χ0) is 15.5. The van der Waals surface area contributed by atoms with Crippen molar-refractivity contribution >= 4 is 22.1 Å². The first-order valence-corrected chi connectivity index (χ1v) is 8.03. The Kier molecular flexibility index (Phi) is 4.76. The Labute approximate surface area is 123 Å². The summed E-state index contributed by atoms with van der Waals surface area (Å²) in [6, 6.07) is 5.98. The molecule has 1 atom stereocenters. The molecule has 2 rings (SSSR count). The zero-order valence-corrected chi connectivity index (χ0v) is 12.2. The molecule has 6 nitrogen and oxygen atoms in total. The van der Waals surface area contributed by atoms with Crippen molar-refractivity contribution in [2.24, 2.45) is 0 Å². The molecular formula is C14H17NO5S. The minimum atomic E-state index is -3.61. The topological polar surface area (TPSA) is 94.9 Å². The summed E-state index contributed by atoms with van der Waals surface area (Å²) < 4.78 is 26.1. The maximum Gasteiger partial charge on any atom is 0.328 e. The SMILES string of the molecule is O=C(O)/C=C/c1ccc(S(=O)(=O)N2CCC[C@H](O)C2)cc1. The largest absolute Gasteiger partial charge is 0.478 e. The predicted octanol–water partition coefficient (Wildman–Crippen LogP) is 0.930. The van der Waals surface area contributed by atoms with Crippen LogP contribution in [0.2, 0.25) is 0 Å². The number of hydrogen-bond acceptors (Lipinski definition) is 4. The second-order valence-corrected chi connectivity index (χ2v) is 6.84. The third-order valence-electron chi connectivity index (χ3n) is 3.30. The number of aliphatic carboxylic acids is 1. The van der Waals surface area contributed by atoms with Crippen LogP contribution in [0.3, 0.4) is 0 Å². The Morgan fingerprint density at radius 1 is 1.29 bits per heavy atom. The van der Waals surface area contributed by atoms with Gasteiger partial charge in [-0.2, -0.15) is 4.31 Å². The molecule has 1 saturated heterocycles. The molecule has 2 N–H and O–H groups in total. The van der Waals surface area contributed by atoms with Gasteiger partial charge in [0, 0.05) is 19.2 Å². The Balaban J connectivity index is 2.19. The van der Waals surface area contributed by atoms with E-state index < -0.39 is 22.1 Å². The van der Waals surface area contributed by atoms with Crippen molar-refractivity contribution in [3.8, 4) is 0 Å². The molecule has 0 spiro atoms. The Hall–Kier alpha value is -1.70. The lowest BCUT2D eigenvalue weighted by Gasteiger charge is -2.29. The normalized spacial score (nSPS) is 20.7. The first kappa shape index (κ1) is 15.7. The second-order valence-electron chi connectivity index (χ2n) is 4.90. The fourth-order valence-electron chi connectivity index (χ4n) is 2.21. The predicted molar refractivity (Wildman–Crippen MR) is 77.1 cm³/mol. The van der Waals surface area contributed by atoms with E-state index in [0.717, 1.165) is 6.08 Å². The Morgan fingerprint density at radius 3 is 2.52 bits per heavy atom. The van der Waals surface area contributed by atoms with Crippen LogP contribution in [0.1, 0.15) is 18.4 Å². The summed E-state index contributed by atoms with van der Waals surface area (Å²) >= 11 is 0. The van der Waals surface area contributed by atoms with Gasteiger partial charge < -0.3 is 10.2 Å². The number of aliphatic hydroxyl groups excluding tert-OH is 1. The van der Waals surface area contributed by atoms with Crippen molar-refractivity contribution in [1.29, 1.82) is 0 Å². The lowest BCUT2D eigenvalue weighted by atomic mass is 10.1. The van der Waals surface area contributed by atoms with Gasteiger partial charge in [-0.15, -0.1) is 0 Å². The van der Waals surface area contributed by atoms with E-state index in [1.165, 1.54) is 22.5 Å². The number of hydrogen-bond donors (Lipinski definition) is 2. The molecule has 0 bridgehead atoms.